The molecule has 1 nitrogen and oxygen atoms in total. The van der Waals surface area contributed by atoms with Crippen LogP contribution < -0.4 is 0 Å². The molecule has 1 aromatic carbocycles. The minimum Gasteiger partial charge on any atom is -0.299 e. The number of rotatable bonds is 4. The van der Waals surface area contributed by atoms with Gasteiger partial charge in [-0.1, -0.05) is 31.5 Å². The Kier molecular flexibility index (Phi) is 4.79. The number of Topliss-reactive ketones (excluding diaryl/α,β-unsaturated/α-hetero) is 1. The quantitative estimate of drug-likeness (QED) is 0.769. The van der Waals surface area contributed by atoms with Crippen molar-refractivity contribution in [2.24, 2.45) is 11.8 Å². The van der Waals surface area contributed by atoms with E-state index in [-0.39, 0.29) is 0 Å². The van der Waals surface area contributed by atoms with E-state index in [9.17, 15) is 4.79 Å². The van der Waals surface area contributed by atoms with E-state index in [0.717, 1.165) is 18.8 Å². The molecule has 1 saturated carbocycles. The van der Waals surface area contributed by atoms with Gasteiger partial charge in [-0.05, 0) is 62.1 Å². The van der Waals surface area contributed by atoms with Gasteiger partial charge in [-0.25, -0.2) is 0 Å². The van der Waals surface area contributed by atoms with Gasteiger partial charge in [0, 0.05) is 12.3 Å². The van der Waals surface area contributed by atoms with Gasteiger partial charge in [-0.3, -0.25) is 4.79 Å². The van der Waals surface area contributed by atoms with Crippen LogP contribution in [0.1, 0.15) is 55.7 Å². The highest BCUT2D eigenvalue weighted by Gasteiger charge is 2.25. The summed E-state index contributed by atoms with van der Waals surface area (Å²) in [7, 11) is 0. The molecule has 0 aromatic heterocycles. The van der Waals surface area contributed by atoms with Crippen molar-refractivity contribution in [3.8, 4) is 0 Å². The zero-order valence-electron chi connectivity index (χ0n) is 12.5. The summed E-state index contributed by atoms with van der Waals surface area (Å²) in [6, 6.07) is 6.30. The van der Waals surface area contributed by atoms with Crippen molar-refractivity contribution in [3.63, 3.8) is 0 Å². The third-order valence-electron chi connectivity index (χ3n) is 4.87. The molecule has 0 atom stereocenters. The first-order valence-electron chi connectivity index (χ1n) is 7.69. The van der Waals surface area contributed by atoms with Crippen molar-refractivity contribution in [2.75, 3.05) is 0 Å². The fourth-order valence-corrected chi connectivity index (χ4v) is 3.34. The molecule has 0 radical (unpaired) electrons. The van der Waals surface area contributed by atoms with Gasteiger partial charge in [0.25, 0.3) is 0 Å². The number of hydrogen-bond acceptors (Lipinski definition) is 1. The number of ketones is 1. The molecular weight excluding hydrogens is 232 g/mol. The van der Waals surface area contributed by atoms with Crippen LogP contribution in [0.2, 0.25) is 0 Å². The predicted octanol–water partition coefficient (Wildman–Crippen LogP) is 4.63. The Labute approximate surface area is 117 Å². The average Bonchev–Trinajstić information content (AvgIpc) is 2.43. The molecule has 1 aliphatic rings. The number of carbonyl (C=O) groups is 1. The predicted molar refractivity (Wildman–Crippen MR) is 80.4 cm³/mol. The highest BCUT2D eigenvalue weighted by atomic mass is 16.1. The maximum Gasteiger partial charge on any atom is 0.140 e. The van der Waals surface area contributed by atoms with Crippen LogP contribution in [0.5, 0.6) is 0 Å². The van der Waals surface area contributed by atoms with Crippen molar-refractivity contribution in [2.45, 2.75) is 59.3 Å². The van der Waals surface area contributed by atoms with E-state index in [1.807, 2.05) is 0 Å². The second kappa shape index (κ2) is 6.36. The van der Waals surface area contributed by atoms with Gasteiger partial charge in [0.15, 0.2) is 0 Å². The van der Waals surface area contributed by atoms with Crippen molar-refractivity contribution >= 4 is 5.78 Å². The van der Waals surface area contributed by atoms with Crippen LogP contribution in [0.4, 0.5) is 0 Å². The Morgan fingerprint density at radius 3 is 2.21 bits per heavy atom. The summed E-state index contributed by atoms with van der Waals surface area (Å²) in [4.78, 5) is 12.5. The molecule has 2 rings (SSSR count). The molecule has 0 unspecified atom stereocenters. The summed E-state index contributed by atoms with van der Waals surface area (Å²) in [6.07, 6.45) is 6.64. The second-order valence-corrected chi connectivity index (χ2v) is 6.14. The summed E-state index contributed by atoms with van der Waals surface area (Å²) in [5, 5.41) is 0. The molecule has 0 aliphatic heterocycles. The molecule has 0 bridgehead atoms. The lowest BCUT2D eigenvalue weighted by Crippen LogP contribution is -2.23. The van der Waals surface area contributed by atoms with Crippen molar-refractivity contribution in [1.82, 2.24) is 0 Å². The van der Waals surface area contributed by atoms with E-state index in [4.69, 9.17) is 0 Å². The average molecular weight is 258 g/mol. The smallest absolute Gasteiger partial charge is 0.140 e. The maximum absolute atomic E-state index is 12.5. The van der Waals surface area contributed by atoms with Crippen LogP contribution in [0, 0.1) is 25.7 Å². The third kappa shape index (κ3) is 3.46. The van der Waals surface area contributed by atoms with Gasteiger partial charge in [0.2, 0.25) is 0 Å². The Morgan fingerprint density at radius 1 is 1.11 bits per heavy atom. The van der Waals surface area contributed by atoms with E-state index in [2.05, 4.69) is 39.0 Å². The molecule has 1 aromatic rings. The first-order valence-corrected chi connectivity index (χ1v) is 7.69. The lowest BCUT2D eigenvalue weighted by atomic mass is 9.77. The van der Waals surface area contributed by atoms with Crippen molar-refractivity contribution in [1.29, 1.82) is 0 Å². The van der Waals surface area contributed by atoms with Crippen molar-refractivity contribution in [3.05, 3.63) is 34.9 Å². The Hall–Kier alpha value is -1.11. The van der Waals surface area contributed by atoms with Crippen LogP contribution in [-0.4, -0.2) is 5.78 Å². The van der Waals surface area contributed by atoms with Crippen molar-refractivity contribution < 1.29 is 4.79 Å². The first-order chi connectivity index (χ1) is 9.11. The van der Waals surface area contributed by atoms with Crippen LogP contribution in [0.25, 0.3) is 0 Å². The summed E-state index contributed by atoms with van der Waals surface area (Å²) in [6.45, 7) is 6.50. The van der Waals surface area contributed by atoms with Gasteiger partial charge < -0.3 is 0 Å². The van der Waals surface area contributed by atoms with Gasteiger partial charge >= 0.3 is 0 Å². The van der Waals surface area contributed by atoms with Crippen LogP contribution in [0.15, 0.2) is 18.2 Å². The first kappa shape index (κ1) is 14.3. The highest BCUT2D eigenvalue weighted by molar-refractivity contribution is 5.84. The van der Waals surface area contributed by atoms with Gasteiger partial charge in [0.1, 0.15) is 5.78 Å². The van der Waals surface area contributed by atoms with E-state index >= 15 is 0 Å². The molecule has 0 saturated heterocycles. The van der Waals surface area contributed by atoms with Gasteiger partial charge in [0.05, 0.1) is 0 Å². The number of carbonyl (C=O) groups excluding carboxylic acids is 1. The zero-order valence-corrected chi connectivity index (χ0v) is 12.5. The SMILES string of the molecule is CCC1CCC(C(=O)Cc2c(C)cccc2C)CC1. The third-order valence-corrected chi connectivity index (χ3v) is 4.87. The fourth-order valence-electron chi connectivity index (χ4n) is 3.34. The zero-order chi connectivity index (χ0) is 13.8. The van der Waals surface area contributed by atoms with Crippen LogP contribution in [0.3, 0.4) is 0 Å². The Balaban J connectivity index is 1.98. The van der Waals surface area contributed by atoms with Crippen LogP contribution >= 0.6 is 0 Å². The number of aryl methyl sites for hydroxylation is 2. The molecular formula is C18H26O. The van der Waals surface area contributed by atoms with Gasteiger partial charge in [-0.15, -0.1) is 0 Å². The maximum atomic E-state index is 12.5. The lowest BCUT2D eigenvalue weighted by molar-refractivity contribution is -0.123. The Bertz CT molecular complexity index is 419. The van der Waals surface area contributed by atoms with Gasteiger partial charge in [-0.2, -0.15) is 0 Å². The minimum absolute atomic E-state index is 0.321. The summed E-state index contributed by atoms with van der Waals surface area (Å²) < 4.78 is 0. The van der Waals surface area contributed by atoms with E-state index < -0.39 is 0 Å². The second-order valence-electron chi connectivity index (χ2n) is 6.14. The molecule has 1 fully saturated rings. The Morgan fingerprint density at radius 2 is 1.68 bits per heavy atom. The summed E-state index contributed by atoms with van der Waals surface area (Å²) in [5.41, 5.74) is 3.77. The minimum atomic E-state index is 0.321. The molecule has 1 aliphatic carbocycles. The van der Waals surface area contributed by atoms with E-state index in [1.54, 1.807) is 0 Å². The summed E-state index contributed by atoms with van der Waals surface area (Å²) in [5.74, 6) is 1.65. The normalized spacial score (nSPS) is 23.3. The van der Waals surface area contributed by atoms with Crippen LogP contribution in [-0.2, 0) is 11.2 Å². The van der Waals surface area contributed by atoms with E-state index in [1.165, 1.54) is 36.0 Å². The fraction of sp³-hybridized carbons (Fsp3) is 0.611. The molecule has 0 N–H and O–H groups in total. The summed E-state index contributed by atoms with van der Waals surface area (Å²) >= 11 is 0. The lowest BCUT2D eigenvalue weighted by Gasteiger charge is -2.27. The number of benzene rings is 1. The molecule has 19 heavy (non-hydrogen) atoms. The molecule has 1 heteroatoms. The molecule has 0 heterocycles. The number of hydrogen-bond donors (Lipinski definition) is 0. The molecule has 104 valence electrons. The monoisotopic (exact) mass is 258 g/mol. The van der Waals surface area contributed by atoms with E-state index in [0.29, 0.717) is 18.1 Å². The topological polar surface area (TPSA) is 17.1 Å². The molecule has 0 spiro atoms. The highest BCUT2D eigenvalue weighted by Crippen LogP contribution is 2.32. The standard InChI is InChI=1S/C18H26O/c1-4-15-8-10-16(11-9-15)18(19)12-17-13(2)6-5-7-14(17)3/h5-7,15-16H,4,8-12H2,1-3H3. The largest absolute Gasteiger partial charge is 0.299 e. The molecule has 0 amide bonds.